The number of nitrogens with zero attached hydrogens (tertiary/aromatic N) is 2. The van der Waals surface area contributed by atoms with E-state index in [9.17, 15) is 9.59 Å². The molecule has 3 aromatic rings. The molecule has 30 heavy (non-hydrogen) atoms. The third-order valence-electron chi connectivity index (χ3n) is 5.27. The molecule has 3 heterocycles. The number of piperidine rings is 1. The molecule has 0 radical (unpaired) electrons. The fraction of sp³-hybridized carbons (Fsp3) is 0.318. The van der Waals surface area contributed by atoms with Gasteiger partial charge in [0.2, 0.25) is 0 Å². The number of aromatic nitrogens is 1. The zero-order valence-corrected chi connectivity index (χ0v) is 17.7. The molecule has 2 amide bonds. The molecular formula is C22H23N3O4S. The second-order valence-corrected chi connectivity index (χ2v) is 8.18. The van der Waals surface area contributed by atoms with Crippen LogP contribution in [-0.2, 0) is 0 Å². The van der Waals surface area contributed by atoms with Crippen molar-refractivity contribution in [2.24, 2.45) is 0 Å². The van der Waals surface area contributed by atoms with E-state index in [0.29, 0.717) is 22.9 Å². The summed E-state index contributed by atoms with van der Waals surface area (Å²) in [5, 5.41) is 8.71. The van der Waals surface area contributed by atoms with Crippen LogP contribution in [0.3, 0.4) is 0 Å². The zero-order chi connectivity index (χ0) is 21.1. The van der Waals surface area contributed by atoms with Crippen LogP contribution in [0.25, 0.3) is 0 Å². The second-order valence-electron chi connectivity index (χ2n) is 7.24. The Balaban J connectivity index is 1.51. The molecule has 1 atom stereocenters. The molecule has 1 aliphatic rings. The number of carbonyl (C=O) groups is 2. The van der Waals surface area contributed by atoms with Gasteiger partial charge in [-0.25, -0.2) is 0 Å². The summed E-state index contributed by atoms with van der Waals surface area (Å²) in [5.41, 5.74) is 1.75. The molecule has 1 aliphatic heterocycles. The number of nitrogens with one attached hydrogen (secondary N) is 1. The number of methoxy groups -OCH3 is 1. The topological polar surface area (TPSA) is 84.7 Å². The van der Waals surface area contributed by atoms with Crippen molar-refractivity contribution in [3.05, 3.63) is 63.7 Å². The Kier molecular flexibility index (Phi) is 5.85. The Labute approximate surface area is 178 Å². The predicted molar refractivity (Wildman–Crippen MR) is 114 cm³/mol. The van der Waals surface area contributed by atoms with Gasteiger partial charge in [-0.3, -0.25) is 9.59 Å². The summed E-state index contributed by atoms with van der Waals surface area (Å²) < 4.78 is 10.7. The van der Waals surface area contributed by atoms with Crippen molar-refractivity contribution in [2.45, 2.75) is 32.2 Å². The molecule has 0 spiro atoms. The molecular weight excluding hydrogens is 402 g/mol. The third kappa shape index (κ3) is 4.09. The fourth-order valence-corrected chi connectivity index (χ4v) is 4.33. The quantitative estimate of drug-likeness (QED) is 0.642. The lowest BCUT2D eigenvalue weighted by Crippen LogP contribution is -2.38. The Hall–Kier alpha value is -3.13. The summed E-state index contributed by atoms with van der Waals surface area (Å²) >= 11 is 1.43. The van der Waals surface area contributed by atoms with Gasteiger partial charge in [0, 0.05) is 18.3 Å². The number of benzene rings is 1. The van der Waals surface area contributed by atoms with E-state index < -0.39 is 0 Å². The van der Waals surface area contributed by atoms with E-state index in [-0.39, 0.29) is 23.6 Å². The average Bonchev–Trinajstić information content (AvgIpc) is 3.47. The predicted octanol–water partition coefficient (Wildman–Crippen LogP) is 4.67. The van der Waals surface area contributed by atoms with Crippen molar-refractivity contribution < 1.29 is 18.8 Å². The molecule has 1 N–H and O–H groups in total. The summed E-state index contributed by atoms with van der Waals surface area (Å²) in [6.07, 6.45) is 2.73. The lowest BCUT2D eigenvalue weighted by molar-refractivity contribution is 0.0575. The fourth-order valence-electron chi connectivity index (χ4n) is 3.66. The first-order valence-electron chi connectivity index (χ1n) is 9.84. The maximum atomic E-state index is 12.9. The Bertz CT molecular complexity index is 1040. The van der Waals surface area contributed by atoms with Crippen molar-refractivity contribution in [3.63, 3.8) is 0 Å². The first-order valence-corrected chi connectivity index (χ1v) is 10.7. The Morgan fingerprint density at radius 2 is 2.13 bits per heavy atom. The van der Waals surface area contributed by atoms with Gasteiger partial charge in [0.15, 0.2) is 11.5 Å². The number of likely N-dealkylation sites (tertiary alicyclic amines) is 1. The Morgan fingerprint density at radius 1 is 1.27 bits per heavy atom. The van der Waals surface area contributed by atoms with Gasteiger partial charge in [0.05, 0.1) is 18.0 Å². The maximum absolute atomic E-state index is 12.9. The molecule has 8 heteroatoms. The normalized spacial score (nSPS) is 16.3. The van der Waals surface area contributed by atoms with Crippen LogP contribution in [0.1, 0.15) is 56.8 Å². The molecule has 0 saturated carbocycles. The minimum atomic E-state index is -0.356. The van der Waals surface area contributed by atoms with Gasteiger partial charge in [-0.2, -0.15) is 0 Å². The molecule has 0 bridgehead atoms. The molecule has 1 aromatic carbocycles. The minimum Gasteiger partial charge on any atom is -0.497 e. The summed E-state index contributed by atoms with van der Waals surface area (Å²) in [6, 6.07) is 10.5. The van der Waals surface area contributed by atoms with Crippen LogP contribution in [0, 0.1) is 6.92 Å². The van der Waals surface area contributed by atoms with Crippen molar-refractivity contribution in [1.29, 1.82) is 0 Å². The number of amides is 2. The van der Waals surface area contributed by atoms with Crippen LogP contribution in [0.5, 0.6) is 5.75 Å². The minimum absolute atomic E-state index is 0.00837. The first-order chi connectivity index (χ1) is 14.6. The molecule has 1 fully saturated rings. The first kappa shape index (κ1) is 20.2. The van der Waals surface area contributed by atoms with E-state index in [4.69, 9.17) is 9.26 Å². The highest BCUT2D eigenvalue weighted by molar-refractivity contribution is 7.12. The van der Waals surface area contributed by atoms with Crippen molar-refractivity contribution >= 4 is 28.8 Å². The second kappa shape index (κ2) is 8.71. The summed E-state index contributed by atoms with van der Waals surface area (Å²) in [6.45, 7) is 2.55. The summed E-state index contributed by atoms with van der Waals surface area (Å²) in [5.74, 6) is 0.898. The molecule has 7 nitrogen and oxygen atoms in total. The van der Waals surface area contributed by atoms with Gasteiger partial charge in [0.1, 0.15) is 5.75 Å². The van der Waals surface area contributed by atoms with Gasteiger partial charge < -0.3 is 19.5 Å². The molecule has 2 aromatic heterocycles. The monoisotopic (exact) mass is 425 g/mol. The molecule has 1 saturated heterocycles. The number of rotatable bonds is 5. The van der Waals surface area contributed by atoms with Gasteiger partial charge in [-0.05, 0) is 61.4 Å². The van der Waals surface area contributed by atoms with E-state index in [2.05, 4.69) is 10.5 Å². The van der Waals surface area contributed by atoms with Gasteiger partial charge >= 0.3 is 0 Å². The van der Waals surface area contributed by atoms with E-state index in [1.807, 2.05) is 35.4 Å². The van der Waals surface area contributed by atoms with E-state index >= 15 is 0 Å². The third-order valence-corrected chi connectivity index (χ3v) is 6.12. The van der Waals surface area contributed by atoms with Crippen LogP contribution in [0.15, 0.2) is 46.3 Å². The largest absolute Gasteiger partial charge is 0.497 e. The smallest absolute Gasteiger partial charge is 0.277 e. The zero-order valence-electron chi connectivity index (χ0n) is 16.9. The van der Waals surface area contributed by atoms with Crippen LogP contribution >= 0.6 is 11.3 Å². The standard InChI is InChI=1S/C22H23N3O4S/c1-14-12-15(28-2)8-9-16(14)23-21(26)17-13-19(29-24-17)18-6-3-4-10-25(18)22(27)20-7-5-11-30-20/h5,7-9,11-13,18H,3-4,6,10H2,1-2H3,(H,23,26). The molecule has 0 aliphatic carbocycles. The van der Waals surface area contributed by atoms with Crippen LogP contribution in [-0.4, -0.2) is 35.5 Å². The van der Waals surface area contributed by atoms with Crippen LogP contribution in [0.2, 0.25) is 0 Å². The SMILES string of the molecule is COc1ccc(NC(=O)c2cc(C3CCCCN3C(=O)c3cccs3)on2)c(C)c1. The summed E-state index contributed by atoms with van der Waals surface area (Å²) in [4.78, 5) is 28.1. The van der Waals surface area contributed by atoms with E-state index in [1.165, 1.54) is 11.3 Å². The number of carbonyl (C=O) groups excluding carboxylic acids is 2. The highest BCUT2D eigenvalue weighted by Crippen LogP contribution is 2.33. The van der Waals surface area contributed by atoms with E-state index in [1.54, 1.807) is 25.3 Å². The van der Waals surface area contributed by atoms with Crippen LogP contribution in [0.4, 0.5) is 5.69 Å². The number of hydrogen-bond donors (Lipinski definition) is 1. The Morgan fingerprint density at radius 3 is 2.87 bits per heavy atom. The number of anilines is 1. The highest BCUT2D eigenvalue weighted by Gasteiger charge is 2.32. The van der Waals surface area contributed by atoms with Gasteiger partial charge in [-0.1, -0.05) is 11.2 Å². The summed E-state index contributed by atoms with van der Waals surface area (Å²) in [7, 11) is 1.60. The molecule has 4 rings (SSSR count). The lowest BCUT2D eigenvalue weighted by atomic mass is 9.99. The number of aryl methyl sites for hydroxylation is 1. The lowest BCUT2D eigenvalue weighted by Gasteiger charge is -2.33. The number of thiophene rings is 1. The van der Waals surface area contributed by atoms with Gasteiger partial charge in [-0.15, -0.1) is 11.3 Å². The number of ether oxygens (including phenoxy) is 1. The molecule has 1 unspecified atom stereocenters. The van der Waals surface area contributed by atoms with Crippen LogP contribution < -0.4 is 10.1 Å². The van der Waals surface area contributed by atoms with Gasteiger partial charge in [0.25, 0.3) is 11.8 Å². The average molecular weight is 426 g/mol. The van der Waals surface area contributed by atoms with E-state index in [0.717, 1.165) is 30.6 Å². The highest BCUT2D eigenvalue weighted by atomic mass is 32.1. The van der Waals surface area contributed by atoms with Crippen molar-refractivity contribution in [1.82, 2.24) is 10.1 Å². The molecule has 156 valence electrons. The van der Waals surface area contributed by atoms with Crippen molar-refractivity contribution in [2.75, 3.05) is 19.0 Å². The maximum Gasteiger partial charge on any atom is 0.277 e. The van der Waals surface area contributed by atoms with Crippen molar-refractivity contribution in [3.8, 4) is 5.75 Å². The number of hydrogen-bond acceptors (Lipinski definition) is 6.